The van der Waals surface area contributed by atoms with Crippen LogP contribution in [0.1, 0.15) is 42.5 Å². The van der Waals surface area contributed by atoms with Crippen molar-refractivity contribution < 1.29 is 26.4 Å². The molecule has 0 fully saturated rings. The van der Waals surface area contributed by atoms with Gasteiger partial charge in [0.2, 0.25) is 10.0 Å². The number of nitrogens with one attached hydrogen (secondary N) is 2. The zero-order valence-electron chi connectivity index (χ0n) is 15.7. The molecule has 0 bridgehead atoms. The second-order valence-corrected chi connectivity index (χ2v) is 8.85. The van der Waals surface area contributed by atoms with E-state index in [4.69, 9.17) is 0 Å². The van der Waals surface area contributed by atoms with Crippen LogP contribution in [0.25, 0.3) is 0 Å². The molecule has 1 aromatic carbocycles. The van der Waals surface area contributed by atoms with E-state index >= 15 is 0 Å². The fourth-order valence-electron chi connectivity index (χ4n) is 2.36. The Morgan fingerprint density at radius 1 is 1.07 bits per heavy atom. The molecule has 10 heteroatoms. The zero-order chi connectivity index (χ0) is 21.3. The third kappa shape index (κ3) is 5.52. The van der Waals surface area contributed by atoms with Crippen LogP contribution >= 0.6 is 0 Å². The summed E-state index contributed by atoms with van der Waals surface area (Å²) >= 11 is 0. The molecular weight excluding hydrogens is 395 g/mol. The second-order valence-electron chi connectivity index (χ2n) is 7.16. The highest BCUT2D eigenvalue weighted by Crippen LogP contribution is 2.28. The molecule has 0 aliphatic heterocycles. The van der Waals surface area contributed by atoms with Gasteiger partial charge < -0.3 is 5.32 Å². The fourth-order valence-corrected chi connectivity index (χ4v) is 3.82. The predicted molar refractivity (Wildman–Crippen MR) is 98.4 cm³/mol. The summed E-state index contributed by atoms with van der Waals surface area (Å²) in [5.41, 5.74) is -1.75. The van der Waals surface area contributed by atoms with Crippen LogP contribution in [-0.2, 0) is 16.2 Å². The number of hydrogen-bond acceptors (Lipinski definition) is 4. The van der Waals surface area contributed by atoms with Gasteiger partial charge in [-0.15, -0.1) is 0 Å². The standard InChI is InChI=1S/C18H20F3N3O3S/c1-11-14(8-9-15(22-11)18(19,20)21)16(25)23-12-6-5-7-13(10-12)28(26,27)24-17(2,3)4/h5-10,24H,1-4H3,(H,23,25). The summed E-state index contributed by atoms with van der Waals surface area (Å²) in [4.78, 5) is 15.7. The van der Waals surface area contributed by atoms with Crippen LogP contribution in [0.5, 0.6) is 0 Å². The van der Waals surface area contributed by atoms with Gasteiger partial charge in [0.25, 0.3) is 5.91 Å². The van der Waals surface area contributed by atoms with E-state index in [0.717, 1.165) is 12.1 Å². The Morgan fingerprint density at radius 3 is 2.25 bits per heavy atom. The molecule has 2 aromatic rings. The van der Waals surface area contributed by atoms with Gasteiger partial charge in [-0.1, -0.05) is 6.07 Å². The highest BCUT2D eigenvalue weighted by Gasteiger charge is 2.33. The monoisotopic (exact) mass is 415 g/mol. The van der Waals surface area contributed by atoms with Crippen molar-refractivity contribution in [1.29, 1.82) is 0 Å². The largest absolute Gasteiger partial charge is 0.433 e. The Kier molecular flexibility index (Phi) is 5.86. The van der Waals surface area contributed by atoms with Crippen LogP contribution in [0.4, 0.5) is 18.9 Å². The molecule has 0 aliphatic rings. The molecule has 0 radical (unpaired) electrons. The Morgan fingerprint density at radius 2 is 1.71 bits per heavy atom. The number of pyridine rings is 1. The van der Waals surface area contributed by atoms with E-state index in [2.05, 4.69) is 15.0 Å². The number of carbonyl (C=O) groups excluding carboxylic acids is 1. The Hall–Kier alpha value is -2.46. The first-order valence-corrected chi connectivity index (χ1v) is 9.68. The Balaban J connectivity index is 2.26. The summed E-state index contributed by atoms with van der Waals surface area (Å²) in [6.07, 6.45) is -4.61. The third-order valence-corrected chi connectivity index (χ3v) is 5.22. The molecule has 0 atom stereocenters. The van der Waals surface area contributed by atoms with Gasteiger partial charge in [0.15, 0.2) is 0 Å². The van der Waals surface area contributed by atoms with E-state index in [1.165, 1.54) is 31.2 Å². The summed E-state index contributed by atoms with van der Waals surface area (Å²) in [6, 6.07) is 7.30. The second kappa shape index (κ2) is 7.51. The van der Waals surface area contributed by atoms with E-state index in [0.29, 0.717) is 0 Å². The maximum atomic E-state index is 12.7. The fraction of sp³-hybridized carbons (Fsp3) is 0.333. The van der Waals surface area contributed by atoms with Gasteiger partial charge >= 0.3 is 6.18 Å². The van der Waals surface area contributed by atoms with E-state index in [-0.39, 0.29) is 21.8 Å². The molecule has 0 saturated heterocycles. The number of amides is 1. The van der Waals surface area contributed by atoms with Crippen molar-refractivity contribution in [3.05, 3.63) is 53.3 Å². The van der Waals surface area contributed by atoms with E-state index < -0.39 is 33.3 Å². The van der Waals surface area contributed by atoms with E-state index in [1.807, 2.05) is 0 Å². The van der Waals surface area contributed by atoms with Crippen LogP contribution in [0.2, 0.25) is 0 Å². The van der Waals surface area contributed by atoms with E-state index in [9.17, 15) is 26.4 Å². The van der Waals surface area contributed by atoms with Gasteiger partial charge in [-0.25, -0.2) is 18.1 Å². The van der Waals surface area contributed by atoms with Crippen molar-refractivity contribution in [3.8, 4) is 0 Å². The molecule has 2 rings (SSSR count). The lowest BCUT2D eigenvalue weighted by Gasteiger charge is -2.20. The van der Waals surface area contributed by atoms with Gasteiger partial charge in [-0.3, -0.25) is 4.79 Å². The van der Waals surface area contributed by atoms with Crippen LogP contribution < -0.4 is 10.0 Å². The molecule has 2 N–H and O–H groups in total. The lowest BCUT2D eigenvalue weighted by atomic mass is 10.1. The number of aromatic nitrogens is 1. The number of benzene rings is 1. The quantitative estimate of drug-likeness (QED) is 0.796. The number of rotatable bonds is 4. The van der Waals surface area contributed by atoms with Crippen LogP contribution in [0.15, 0.2) is 41.3 Å². The normalized spacial score (nSPS) is 12.7. The van der Waals surface area contributed by atoms with Crippen molar-refractivity contribution in [1.82, 2.24) is 9.71 Å². The van der Waals surface area contributed by atoms with Gasteiger partial charge in [0.05, 0.1) is 16.2 Å². The average molecular weight is 415 g/mol. The molecule has 1 aromatic heterocycles. The number of hydrogen-bond donors (Lipinski definition) is 2. The highest BCUT2D eigenvalue weighted by molar-refractivity contribution is 7.89. The number of carbonyl (C=O) groups is 1. The van der Waals surface area contributed by atoms with Gasteiger partial charge in [0, 0.05) is 11.2 Å². The van der Waals surface area contributed by atoms with Crippen LogP contribution in [0, 0.1) is 6.92 Å². The lowest BCUT2D eigenvalue weighted by molar-refractivity contribution is -0.141. The Bertz CT molecular complexity index is 997. The summed E-state index contributed by atoms with van der Waals surface area (Å²) in [5, 5.41) is 2.48. The van der Waals surface area contributed by atoms with E-state index in [1.54, 1.807) is 20.8 Å². The minimum absolute atomic E-state index is 0.0472. The van der Waals surface area contributed by atoms with Gasteiger partial charge in [0.1, 0.15) is 5.69 Å². The Labute approximate surface area is 161 Å². The highest BCUT2D eigenvalue weighted by atomic mass is 32.2. The topological polar surface area (TPSA) is 88.2 Å². The molecule has 152 valence electrons. The first kappa shape index (κ1) is 21.8. The van der Waals surface area contributed by atoms with Gasteiger partial charge in [-0.05, 0) is 58.0 Å². The van der Waals surface area contributed by atoms with Crippen molar-refractivity contribution in [2.75, 3.05) is 5.32 Å². The number of anilines is 1. The van der Waals surface area contributed by atoms with Gasteiger partial charge in [-0.2, -0.15) is 13.2 Å². The first-order valence-electron chi connectivity index (χ1n) is 8.19. The SMILES string of the molecule is Cc1nc(C(F)(F)F)ccc1C(=O)Nc1cccc(S(=O)(=O)NC(C)(C)C)c1. The summed E-state index contributed by atoms with van der Waals surface area (Å²) < 4.78 is 65.4. The number of alkyl halides is 3. The molecule has 6 nitrogen and oxygen atoms in total. The smallest absolute Gasteiger partial charge is 0.322 e. The summed E-state index contributed by atoms with van der Waals surface area (Å²) in [6.45, 7) is 6.36. The minimum Gasteiger partial charge on any atom is -0.322 e. The molecule has 0 unspecified atom stereocenters. The molecule has 0 saturated carbocycles. The molecular formula is C18H20F3N3O3S. The molecule has 1 heterocycles. The maximum absolute atomic E-state index is 12.7. The first-order chi connectivity index (χ1) is 12.7. The average Bonchev–Trinajstić information content (AvgIpc) is 2.51. The predicted octanol–water partition coefficient (Wildman–Crippen LogP) is 3.74. The molecule has 0 aliphatic carbocycles. The lowest BCUT2D eigenvalue weighted by Crippen LogP contribution is -2.40. The molecule has 28 heavy (non-hydrogen) atoms. The van der Waals surface area contributed by atoms with Crippen LogP contribution in [-0.4, -0.2) is 24.8 Å². The maximum Gasteiger partial charge on any atom is 0.433 e. The van der Waals surface area contributed by atoms with Crippen LogP contribution in [0.3, 0.4) is 0 Å². The summed E-state index contributed by atoms with van der Waals surface area (Å²) in [7, 11) is -3.81. The van der Waals surface area contributed by atoms with Crippen molar-refractivity contribution in [2.24, 2.45) is 0 Å². The number of halogens is 3. The van der Waals surface area contributed by atoms with Crippen molar-refractivity contribution in [3.63, 3.8) is 0 Å². The number of sulfonamides is 1. The number of nitrogens with zero attached hydrogens (tertiary/aromatic N) is 1. The molecule has 1 amide bonds. The van der Waals surface area contributed by atoms with Crippen molar-refractivity contribution in [2.45, 2.75) is 44.3 Å². The number of aryl methyl sites for hydroxylation is 1. The minimum atomic E-state index is -4.61. The zero-order valence-corrected chi connectivity index (χ0v) is 16.5. The summed E-state index contributed by atoms with van der Waals surface area (Å²) in [5.74, 6) is -0.697. The van der Waals surface area contributed by atoms with Crippen molar-refractivity contribution >= 4 is 21.6 Å². The molecule has 0 spiro atoms. The third-order valence-electron chi connectivity index (χ3n) is 3.46.